The highest BCUT2D eigenvalue weighted by Crippen LogP contribution is 2.41. The SMILES string of the molecule is COc1c(F)cc(F)c(F)c1C1CC(CN)CN1C. The highest BCUT2D eigenvalue weighted by Gasteiger charge is 2.35. The molecule has 1 aromatic carbocycles. The minimum atomic E-state index is -1.20. The van der Waals surface area contributed by atoms with E-state index in [2.05, 4.69) is 0 Å². The first-order chi connectivity index (χ1) is 8.99. The molecule has 19 heavy (non-hydrogen) atoms. The number of halogens is 3. The van der Waals surface area contributed by atoms with Gasteiger partial charge in [0.25, 0.3) is 0 Å². The first-order valence-corrected chi connectivity index (χ1v) is 6.11. The Labute approximate surface area is 110 Å². The molecule has 1 heterocycles. The Balaban J connectivity index is 2.49. The summed E-state index contributed by atoms with van der Waals surface area (Å²) in [6, 6.07) is 0.0845. The fourth-order valence-corrected chi connectivity index (χ4v) is 2.72. The number of rotatable bonds is 3. The van der Waals surface area contributed by atoms with Gasteiger partial charge in [0.15, 0.2) is 23.2 Å². The van der Waals surface area contributed by atoms with Crippen molar-refractivity contribution in [2.24, 2.45) is 11.7 Å². The van der Waals surface area contributed by atoms with Crippen LogP contribution >= 0.6 is 0 Å². The van der Waals surface area contributed by atoms with Gasteiger partial charge in [0.2, 0.25) is 0 Å². The topological polar surface area (TPSA) is 38.5 Å². The molecule has 3 nitrogen and oxygen atoms in total. The Kier molecular flexibility index (Phi) is 4.01. The minimum Gasteiger partial charge on any atom is -0.493 e. The molecule has 0 aliphatic carbocycles. The lowest BCUT2D eigenvalue weighted by Gasteiger charge is -2.22. The van der Waals surface area contributed by atoms with Crippen molar-refractivity contribution in [1.82, 2.24) is 4.90 Å². The summed E-state index contributed by atoms with van der Waals surface area (Å²) in [4.78, 5) is 1.84. The van der Waals surface area contributed by atoms with E-state index in [9.17, 15) is 13.2 Å². The molecule has 6 heteroatoms. The van der Waals surface area contributed by atoms with Crippen LogP contribution in [0.15, 0.2) is 6.07 Å². The van der Waals surface area contributed by atoms with Crippen molar-refractivity contribution in [1.29, 1.82) is 0 Å². The number of benzene rings is 1. The van der Waals surface area contributed by atoms with Crippen LogP contribution in [0.4, 0.5) is 13.2 Å². The maximum absolute atomic E-state index is 14.0. The van der Waals surface area contributed by atoms with Gasteiger partial charge < -0.3 is 10.5 Å². The van der Waals surface area contributed by atoms with Gasteiger partial charge in [0.05, 0.1) is 12.7 Å². The smallest absolute Gasteiger partial charge is 0.168 e. The zero-order valence-corrected chi connectivity index (χ0v) is 10.9. The second-order valence-corrected chi connectivity index (χ2v) is 4.89. The number of hydrogen-bond acceptors (Lipinski definition) is 3. The molecule has 1 aliphatic heterocycles. The van der Waals surface area contributed by atoms with E-state index in [4.69, 9.17) is 10.5 Å². The van der Waals surface area contributed by atoms with Crippen molar-refractivity contribution in [2.75, 3.05) is 27.2 Å². The number of nitrogens with zero attached hydrogens (tertiary/aromatic N) is 1. The van der Waals surface area contributed by atoms with Gasteiger partial charge in [-0.1, -0.05) is 0 Å². The highest BCUT2D eigenvalue weighted by molar-refractivity contribution is 5.40. The van der Waals surface area contributed by atoms with E-state index in [1.807, 2.05) is 4.90 Å². The van der Waals surface area contributed by atoms with E-state index in [0.29, 0.717) is 25.6 Å². The van der Waals surface area contributed by atoms with E-state index in [1.54, 1.807) is 7.05 Å². The van der Waals surface area contributed by atoms with Crippen LogP contribution in [0, 0.1) is 23.4 Å². The van der Waals surface area contributed by atoms with Gasteiger partial charge in [-0.2, -0.15) is 0 Å². The molecule has 106 valence electrons. The Bertz CT molecular complexity index is 481. The van der Waals surface area contributed by atoms with E-state index >= 15 is 0 Å². The molecule has 0 saturated carbocycles. The third kappa shape index (κ3) is 2.42. The van der Waals surface area contributed by atoms with E-state index in [-0.39, 0.29) is 17.2 Å². The lowest BCUT2D eigenvalue weighted by atomic mass is 9.98. The van der Waals surface area contributed by atoms with Crippen LogP contribution in [0.25, 0.3) is 0 Å². The summed E-state index contributed by atoms with van der Waals surface area (Å²) in [6.07, 6.45) is 0.559. The van der Waals surface area contributed by atoms with E-state index < -0.39 is 23.5 Å². The molecule has 0 amide bonds. The summed E-state index contributed by atoms with van der Waals surface area (Å²) in [5, 5.41) is 0. The lowest BCUT2D eigenvalue weighted by molar-refractivity contribution is 0.285. The molecule has 1 saturated heterocycles. The van der Waals surface area contributed by atoms with Crippen LogP contribution in [-0.2, 0) is 0 Å². The standard InChI is InChI=1S/C13H17F3N2O/c1-18-6-7(5-17)3-10(18)11-12(16)8(14)4-9(15)13(11)19-2/h4,7,10H,3,5-6,17H2,1-2H3. The van der Waals surface area contributed by atoms with Crippen molar-refractivity contribution < 1.29 is 17.9 Å². The van der Waals surface area contributed by atoms with Crippen LogP contribution in [0.1, 0.15) is 18.0 Å². The Morgan fingerprint density at radius 3 is 2.58 bits per heavy atom. The zero-order chi connectivity index (χ0) is 14.2. The molecule has 0 aromatic heterocycles. The van der Waals surface area contributed by atoms with Crippen molar-refractivity contribution in [3.05, 3.63) is 29.1 Å². The number of hydrogen-bond donors (Lipinski definition) is 1. The molecular formula is C13H17F3N2O. The van der Waals surface area contributed by atoms with Crippen molar-refractivity contribution >= 4 is 0 Å². The molecule has 2 unspecified atom stereocenters. The van der Waals surface area contributed by atoms with Crippen LogP contribution in [0.3, 0.4) is 0 Å². The van der Waals surface area contributed by atoms with Crippen molar-refractivity contribution in [3.8, 4) is 5.75 Å². The maximum Gasteiger partial charge on any atom is 0.168 e. The molecule has 1 aliphatic rings. The molecular weight excluding hydrogens is 257 g/mol. The van der Waals surface area contributed by atoms with Crippen LogP contribution in [0.2, 0.25) is 0 Å². The van der Waals surface area contributed by atoms with Gasteiger partial charge in [-0.15, -0.1) is 0 Å². The zero-order valence-electron chi connectivity index (χ0n) is 10.9. The monoisotopic (exact) mass is 274 g/mol. The molecule has 2 N–H and O–H groups in total. The molecule has 0 bridgehead atoms. The number of ether oxygens (including phenoxy) is 1. The van der Waals surface area contributed by atoms with Gasteiger partial charge in [-0.05, 0) is 25.9 Å². The quantitative estimate of drug-likeness (QED) is 0.857. The Morgan fingerprint density at radius 1 is 1.37 bits per heavy atom. The van der Waals surface area contributed by atoms with Gasteiger partial charge in [-0.3, -0.25) is 4.90 Å². The molecule has 2 rings (SSSR count). The average molecular weight is 274 g/mol. The summed E-state index contributed by atoms with van der Waals surface area (Å²) in [7, 11) is 3.02. The number of likely N-dealkylation sites (tertiary alicyclic amines) is 1. The van der Waals surface area contributed by atoms with Crippen molar-refractivity contribution in [2.45, 2.75) is 12.5 Å². The second-order valence-electron chi connectivity index (χ2n) is 4.89. The average Bonchev–Trinajstić information content (AvgIpc) is 2.74. The Morgan fingerprint density at radius 2 is 2.05 bits per heavy atom. The van der Waals surface area contributed by atoms with Crippen LogP contribution < -0.4 is 10.5 Å². The van der Waals surface area contributed by atoms with Crippen LogP contribution in [0.5, 0.6) is 5.75 Å². The predicted molar refractivity (Wildman–Crippen MR) is 65.4 cm³/mol. The van der Waals surface area contributed by atoms with Gasteiger partial charge >= 0.3 is 0 Å². The molecule has 0 spiro atoms. The third-order valence-electron chi connectivity index (χ3n) is 3.67. The van der Waals surface area contributed by atoms with Crippen LogP contribution in [-0.4, -0.2) is 32.1 Å². The number of methoxy groups -OCH3 is 1. The third-order valence-corrected chi connectivity index (χ3v) is 3.67. The highest BCUT2D eigenvalue weighted by atomic mass is 19.2. The van der Waals surface area contributed by atoms with Gasteiger partial charge in [0.1, 0.15) is 0 Å². The fraction of sp³-hybridized carbons (Fsp3) is 0.538. The summed E-state index contributed by atoms with van der Waals surface area (Å²) < 4.78 is 46.0. The minimum absolute atomic E-state index is 0.0570. The molecule has 0 radical (unpaired) electrons. The van der Waals surface area contributed by atoms with Crippen molar-refractivity contribution in [3.63, 3.8) is 0 Å². The summed E-state index contributed by atoms with van der Waals surface area (Å²) >= 11 is 0. The summed E-state index contributed by atoms with van der Waals surface area (Å²) in [6.45, 7) is 1.13. The van der Waals surface area contributed by atoms with E-state index in [0.717, 1.165) is 0 Å². The van der Waals surface area contributed by atoms with Gasteiger partial charge in [-0.25, -0.2) is 13.2 Å². The predicted octanol–water partition coefficient (Wildman–Crippen LogP) is 2.06. The Hall–Kier alpha value is -1.27. The molecule has 1 aromatic rings. The molecule has 1 fully saturated rings. The fourth-order valence-electron chi connectivity index (χ4n) is 2.72. The first kappa shape index (κ1) is 14.1. The normalized spacial score (nSPS) is 23.9. The van der Waals surface area contributed by atoms with E-state index in [1.165, 1.54) is 7.11 Å². The first-order valence-electron chi connectivity index (χ1n) is 6.11. The maximum atomic E-state index is 14.0. The largest absolute Gasteiger partial charge is 0.493 e. The summed E-state index contributed by atoms with van der Waals surface area (Å²) in [5.74, 6) is -3.18. The summed E-state index contributed by atoms with van der Waals surface area (Å²) in [5.41, 5.74) is 5.55. The number of nitrogens with two attached hydrogens (primary N) is 1. The van der Waals surface area contributed by atoms with Gasteiger partial charge in [0, 0.05) is 18.7 Å². The second kappa shape index (κ2) is 5.38. The lowest BCUT2D eigenvalue weighted by Crippen LogP contribution is -2.22. The molecule has 2 atom stereocenters.